The van der Waals surface area contributed by atoms with Gasteiger partial charge in [-0.05, 0) is 36.8 Å². The predicted octanol–water partition coefficient (Wildman–Crippen LogP) is 3.97. The van der Waals surface area contributed by atoms with E-state index in [-0.39, 0.29) is 6.03 Å². The number of carbonyl (C=O) groups is 1. The summed E-state index contributed by atoms with van der Waals surface area (Å²) in [4.78, 5) is 15.8. The van der Waals surface area contributed by atoms with E-state index in [4.69, 9.17) is 4.74 Å². The van der Waals surface area contributed by atoms with Gasteiger partial charge < -0.3 is 15.4 Å². The topological polar surface area (TPSA) is 63.2 Å². The third-order valence-electron chi connectivity index (χ3n) is 3.31. The van der Waals surface area contributed by atoms with Crippen molar-refractivity contribution >= 4 is 11.7 Å². The van der Waals surface area contributed by atoms with Crippen LogP contribution in [0.4, 0.5) is 10.5 Å². The monoisotopic (exact) mass is 313 g/mol. The molecule has 0 fully saturated rings. The number of hydrogen-bond acceptors (Lipinski definition) is 3. The molecule has 0 bridgehead atoms. The van der Waals surface area contributed by atoms with Crippen molar-refractivity contribution in [3.05, 3.63) is 54.4 Å². The largest absolute Gasteiger partial charge is 0.489 e. The van der Waals surface area contributed by atoms with Crippen molar-refractivity contribution in [2.45, 2.75) is 32.8 Å². The summed E-state index contributed by atoms with van der Waals surface area (Å²) in [7, 11) is 0. The Morgan fingerprint density at radius 3 is 2.70 bits per heavy atom. The molecule has 0 unspecified atom stereocenters. The second-order valence-electron chi connectivity index (χ2n) is 5.26. The highest BCUT2D eigenvalue weighted by Gasteiger charge is 2.01. The lowest BCUT2D eigenvalue weighted by Crippen LogP contribution is -2.29. The van der Waals surface area contributed by atoms with E-state index in [0.29, 0.717) is 13.2 Å². The summed E-state index contributed by atoms with van der Waals surface area (Å²) in [5.41, 5.74) is 1.76. The highest BCUT2D eigenvalue weighted by molar-refractivity contribution is 5.89. The average Bonchev–Trinajstić information content (AvgIpc) is 2.59. The smallest absolute Gasteiger partial charge is 0.319 e. The lowest BCUT2D eigenvalue weighted by atomic mass is 10.2. The predicted molar refractivity (Wildman–Crippen MR) is 91.6 cm³/mol. The number of anilines is 1. The van der Waals surface area contributed by atoms with Crippen molar-refractivity contribution in [2.24, 2.45) is 0 Å². The van der Waals surface area contributed by atoms with Crippen LogP contribution in [0.2, 0.25) is 0 Å². The Hall–Kier alpha value is -2.56. The third-order valence-corrected chi connectivity index (χ3v) is 3.31. The average molecular weight is 313 g/mol. The van der Waals surface area contributed by atoms with E-state index in [1.54, 1.807) is 12.4 Å². The molecule has 2 rings (SSSR count). The summed E-state index contributed by atoms with van der Waals surface area (Å²) >= 11 is 0. The van der Waals surface area contributed by atoms with Gasteiger partial charge in [-0.3, -0.25) is 4.98 Å². The minimum absolute atomic E-state index is 0.176. The third kappa shape index (κ3) is 6.38. The number of rotatable bonds is 8. The quantitative estimate of drug-likeness (QED) is 0.725. The number of ether oxygens (including phenoxy) is 1. The first-order valence-corrected chi connectivity index (χ1v) is 7.94. The van der Waals surface area contributed by atoms with Gasteiger partial charge in [0, 0.05) is 30.2 Å². The molecule has 0 aliphatic carbocycles. The summed E-state index contributed by atoms with van der Waals surface area (Å²) in [5.74, 6) is 0.753. The van der Waals surface area contributed by atoms with Crippen LogP contribution < -0.4 is 15.4 Å². The summed E-state index contributed by atoms with van der Waals surface area (Å²) in [6, 6.07) is 11.0. The van der Waals surface area contributed by atoms with Crippen molar-refractivity contribution in [1.29, 1.82) is 0 Å². The van der Waals surface area contributed by atoms with Gasteiger partial charge in [-0.1, -0.05) is 25.8 Å². The Kier molecular flexibility index (Phi) is 6.91. The summed E-state index contributed by atoms with van der Waals surface area (Å²) in [6.45, 7) is 3.31. The van der Waals surface area contributed by atoms with Crippen LogP contribution in [-0.4, -0.2) is 17.6 Å². The summed E-state index contributed by atoms with van der Waals surface area (Å²) < 4.78 is 5.68. The first-order valence-electron chi connectivity index (χ1n) is 7.94. The van der Waals surface area contributed by atoms with Gasteiger partial charge in [0.25, 0.3) is 0 Å². The maximum atomic E-state index is 11.7. The highest BCUT2D eigenvalue weighted by atomic mass is 16.5. The molecule has 0 atom stereocenters. The van der Waals surface area contributed by atoms with E-state index in [0.717, 1.165) is 36.3 Å². The molecular weight excluding hydrogens is 290 g/mol. The molecule has 1 heterocycles. The Labute approximate surface area is 137 Å². The van der Waals surface area contributed by atoms with Gasteiger partial charge in [0.2, 0.25) is 0 Å². The van der Waals surface area contributed by atoms with E-state index in [1.165, 1.54) is 0 Å². The summed E-state index contributed by atoms with van der Waals surface area (Å²) in [6.07, 6.45) is 6.79. The molecule has 5 nitrogen and oxygen atoms in total. The van der Waals surface area contributed by atoms with Crippen molar-refractivity contribution in [2.75, 3.05) is 11.9 Å². The molecule has 0 aliphatic heterocycles. The molecule has 0 saturated carbocycles. The molecule has 0 spiro atoms. The number of urea groups is 1. The molecule has 0 radical (unpaired) electrons. The molecule has 0 saturated heterocycles. The molecular formula is C18H23N3O2. The first kappa shape index (κ1) is 16.8. The maximum absolute atomic E-state index is 11.7. The highest BCUT2D eigenvalue weighted by Crippen LogP contribution is 2.16. The summed E-state index contributed by atoms with van der Waals surface area (Å²) in [5, 5.41) is 5.64. The van der Waals surface area contributed by atoms with Crippen LogP contribution in [0.3, 0.4) is 0 Å². The van der Waals surface area contributed by atoms with Gasteiger partial charge in [0.15, 0.2) is 0 Å². The van der Waals surface area contributed by atoms with E-state index < -0.39 is 0 Å². The lowest BCUT2D eigenvalue weighted by Gasteiger charge is -2.09. The van der Waals surface area contributed by atoms with E-state index in [9.17, 15) is 4.79 Å². The first-order chi connectivity index (χ1) is 11.3. The van der Waals surface area contributed by atoms with E-state index in [1.807, 2.05) is 36.4 Å². The Morgan fingerprint density at radius 2 is 2.00 bits per heavy atom. The fraction of sp³-hybridized carbons (Fsp3) is 0.333. The zero-order chi connectivity index (χ0) is 16.3. The normalized spacial score (nSPS) is 10.1. The van der Waals surface area contributed by atoms with Crippen molar-refractivity contribution < 1.29 is 9.53 Å². The van der Waals surface area contributed by atoms with Crippen LogP contribution in [-0.2, 0) is 6.61 Å². The molecule has 1 aromatic heterocycles. The fourth-order valence-electron chi connectivity index (χ4n) is 2.04. The van der Waals surface area contributed by atoms with Crippen LogP contribution >= 0.6 is 0 Å². The number of aromatic nitrogens is 1. The number of carbonyl (C=O) groups excluding carboxylic acids is 1. The number of nitrogens with one attached hydrogen (secondary N) is 2. The molecule has 2 aromatic rings. The molecule has 122 valence electrons. The zero-order valence-corrected chi connectivity index (χ0v) is 13.4. The second kappa shape index (κ2) is 9.46. The maximum Gasteiger partial charge on any atom is 0.319 e. The van der Waals surface area contributed by atoms with E-state index in [2.05, 4.69) is 22.5 Å². The van der Waals surface area contributed by atoms with Crippen LogP contribution in [0.25, 0.3) is 0 Å². The van der Waals surface area contributed by atoms with Gasteiger partial charge in [-0.2, -0.15) is 0 Å². The Morgan fingerprint density at radius 1 is 1.17 bits per heavy atom. The standard InChI is InChI=1S/C18H23N3O2/c1-2-3-4-12-20-18(22)21-16-7-9-17(10-8-16)23-14-15-6-5-11-19-13-15/h5-11,13H,2-4,12,14H2,1H3,(H2,20,21,22). The fourth-order valence-corrected chi connectivity index (χ4v) is 2.04. The molecule has 1 aromatic carbocycles. The van der Waals surface area contributed by atoms with Gasteiger partial charge in [-0.15, -0.1) is 0 Å². The van der Waals surface area contributed by atoms with Crippen molar-refractivity contribution in [1.82, 2.24) is 10.3 Å². The molecule has 0 aliphatic rings. The number of amides is 2. The van der Waals surface area contributed by atoms with Gasteiger partial charge >= 0.3 is 6.03 Å². The molecule has 2 amide bonds. The van der Waals surface area contributed by atoms with Crippen LogP contribution in [0.5, 0.6) is 5.75 Å². The van der Waals surface area contributed by atoms with Crippen molar-refractivity contribution in [3.63, 3.8) is 0 Å². The number of pyridine rings is 1. The Bertz CT molecular complexity index is 585. The lowest BCUT2D eigenvalue weighted by molar-refractivity contribution is 0.252. The van der Waals surface area contributed by atoms with Crippen LogP contribution in [0.1, 0.15) is 31.7 Å². The second-order valence-corrected chi connectivity index (χ2v) is 5.26. The van der Waals surface area contributed by atoms with Gasteiger partial charge in [-0.25, -0.2) is 4.79 Å². The SMILES string of the molecule is CCCCCNC(=O)Nc1ccc(OCc2cccnc2)cc1. The van der Waals surface area contributed by atoms with E-state index >= 15 is 0 Å². The number of unbranched alkanes of at least 4 members (excludes halogenated alkanes) is 2. The zero-order valence-electron chi connectivity index (χ0n) is 13.4. The number of nitrogens with zero attached hydrogens (tertiary/aromatic N) is 1. The van der Waals surface area contributed by atoms with Crippen LogP contribution in [0, 0.1) is 0 Å². The molecule has 5 heteroatoms. The minimum atomic E-state index is -0.176. The minimum Gasteiger partial charge on any atom is -0.489 e. The van der Waals surface area contributed by atoms with Crippen LogP contribution in [0.15, 0.2) is 48.8 Å². The van der Waals surface area contributed by atoms with Gasteiger partial charge in [0.1, 0.15) is 12.4 Å². The molecule has 2 N–H and O–H groups in total. The van der Waals surface area contributed by atoms with Gasteiger partial charge in [0.05, 0.1) is 0 Å². The number of hydrogen-bond donors (Lipinski definition) is 2. The van der Waals surface area contributed by atoms with Crippen molar-refractivity contribution in [3.8, 4) is 5.75 Å². The Balaban J connectivity index is 1.74. The number of benzene rings is 1. The molecule has 23 heavy (non-hydrogen) atoms.